The van der Waals surface area contributed by atoms with Gasteiger partial charge in [-0.05, 0) is 82.1 Å². The van der Waals surface area contributed by atoms with Crippen molar-refractivity contribution >= 4 is 23.9 Å². The van der Waals surface area contributed by atoms with E-state index in [1.54, 1.807) is 0 Å². The Kier molecular flexibility index (Phi) is 11.3. The van der Waals surface area contributed by atoms with E-state index in [-0.39, 0.29) is 0 Å². The molecule has 0 radical (unpaired) electrons. The van der Waals surface area contributed by atoms with E-state index in [0.29, 0.717) is 18.8 Å². The van der Waals surface area contributed by atoms with Crippen molar-refractivity contribution in [3.63, 3.8) is 0 Å². The second kappa shape index (κ2) is 14.7. The zero-order valence-electron chi connectivity index (χ0n) is 22.9. The number of anilines is 2. The molecule has 1 fully saturated rings. The lowest BCUT2D eigenvalue weighted by Gasteiger charge is -2.34. The third kappa shape index (κ3) is 7.85. The number of rotatable bonds is 14. The number of hydrogen-bond acceptors (Lipinski definition) is 6. The van der Waals surface area contributed by atoms with Gasteiger partial charge in [-0.15, -0.1) is 0 Å². The fourth-order valence-corrected chi connectivity index (χ4v) is 4.70. The first kappa shape index (κ1) is 27.8. The summed E-state index contributed by atoms with van der Waals surface area (Å²) in [6, 6.07) is 7.80. The van der Waals surface area contributed by atoms with Gasteiger partial charge in [0.25, 0.3) is 0 Å². The second-order valence-corrected chi connectivity index (χ2v) is 9.81. The largest absolute Gasteiger partial charge is 0.371 e. The Bertz CT molecular complexity index is 926. The zero-order chi connectivity index (χ0) is 25.8. The summed E-state index contributed by atoms with van der Waals surface area (Å²) in [5, 5.41) is 13.9. The van der Waals surface area contributed by atoms with Crippen molar-refractivity contribution < 1.29 is 0 Å². The molecule has 2 aliphatic rings. The molecule has 4 N–H and O–H groups in total. The van der Waals surface area contributed by atoms with Gasteiger partial charge in [-0.2, -0.15) is 0 Å². The van der Waals surface area contributed by atoms with Gasteiger partial charge in [0.15, 0.2) is 0 Å². The summed E-state index contributed by atoms with van der Waals surface area (Å²) in [6.45, 7) is 16.4. The molecule has 36 heavy (non-hydrogen) atoms. The van der Waals surface area contributed by atoms with Crippen LogP contribution in [0.1, 0.15) is 71.8 Å². The van der Waals surface area contributed by atoms with Crippen molar-refractivity contribution in [3.8, 4) is 0 Å². The summed E-state index contributed by atoms with van der Waals surface area (Å²) in [4.78, 5) is 11.5. The molecular formula is C29H47N7. The highest BCUT2D eigenvalue weighted by atomic mass is 15.1. The van der Waals surface area contributed by atoms with Crippen molar-refractivity contribution in [3.05, 3.63) is 47.4 Å². The summed E-state index contributed by atoms with van der Waals surface area (Å²) < 4.78 is 0. The van der Waals surface area contributed by atoms with E-state index >= 15 is 0 Å². The lowest BCUT2D eigenvalue weighted by atomic mass is 10.0. The van der Waals surface area contributed by atoms with Crippen LogP contribution in [0.15, 0.2) is 51.9 Å². The Morgan fingerprint density at radius 3 is 2.69 bits per heavy atom. The molecular weight excluding hydrogens is 446 g/mol. The number of aryl methyl sites for hydroxylation is 1. The molecule has 1 atom stereocenters. The third-order valence-corrected chi connectivity index (χ3v) is 7.18. The van der Waals surface area contributed by atoms with Crippen LogP contribution >= 0.6 is 0 Å². The third-order valence-electron chi connectivity index (χ3n) is 7.18. The maximum atomic E-state index is 4.76. The quantitative estimate of drug-likeness (QED) is 0.212. The van der Waals surface area contributed by atoms with Crippen LogP contribution in [-0.2, 0) is 6.42 Å². The van der Waals surface area contributed by atoms with Crippen molar-refractivity contribution in [1.29, 1.82) is 0 Å². The maximum Gasteiger partial charge on any atom is 0.137 e. The molecule has 198 valence electrons. The molecule has 2 aliphatic heterocycles. The SMILES string of the molecule is C=N/C(NC(C)CC)=C1/C=CN/C1=N/CNc1ccc(N2CCC(NCCCCC)CC2)cc1CC. The Hall–Kier alpha value is -2.80. The van der Waals surface area contributed by atoms with E-state index in [1.165, 1.54) is 43.4 Å². The Labute approximate surface area is 218 Å². The molecule has 0 saturated carbocycles. The van der Waals surface area contributed by atoms with Gasteiger partial charge in [-0.1, -0.05) is 33.6 Å². The molecule has 0 aliphatic carbocycles. The monoisotopic (exact) mass is 493 g/mol. The van der Waals surface area contributed by atoms with Crippen molar-refractivity contribution in [1.82, 2.24) is 16.0 Å². The fraction of sp³-hybridized carbons (Fsp3) is 0.586. The van der Waals surface area contributed by atoms with Crippen molar-refractivity contribution in [2.45, 2.75) is 84.7 Å². The number of nitrogens with one attached hydrogen (secondary N) is 4. The average molecular weight is 494 g/mol. The number of benzene rings is 1. The van der Waals surface area contributed by atoms with Gasteiger partial charge in [0.2, 0.25) is 0 Å². The van der Waals surface area contributed by atoms with Crippen molar-refractivity contribution in [2.24, 2.45) is 9.98 Å². The Morgan fingerprint density at radius 1 is 1.19 bits per heavy atom. The van der Waals surface area contributed by atoms with Crippen LogP contribution in [-0.4, -0.2) is 50.9 Å². The van der Waals surface area contributed by atoms with Crippen LogP contribution in [0.2, 0.25) is 0 Å². The summed E-state index contributed by atoms with van der Waals surface area (Å²) in [7, 11) is 0. The van der Waals surface area contributed by atoms with Gasteiger partial charge < -0.3 is 26.2 Å². The molecule has 0 aromatic heterocycles. The number of piperidine rings is 1. The lowest BCUT2D eigenvalue weighted by molar-refractivity contribution is 0.410. The van der Waals surface area contributed by atoms with Gasteiger partial charge in [-0.3, -0.25) is 0 Å². The smallest absolute Gasteiger partial charge is 0.137 e. The predicted molar refractivity (Wildman–Crippen MR) is 156 cm³/mol. The molecule has 1 aromatic carbocycles. The van der Waals surface area contributed by atoms with Crippen LogP contribution < -0.4 is 26.2 Å². The summed E-state index contributed by atoms with van der Waals surface area (Å²) in [5.74, 6) is 1.57. The molecule has 0 bridgehead atoms. The molecule has 1 aromatic rings. The van der Waals surface area contributed by atoms with Crippen LogP contribution in [0.5, 0.6) is 0 Å². The van der Waals surface area contributed by atoms with Gasteiger partial charge in [-0.25, -0.2) is 9.98 Å². The first-order valence-electron chi connectivity index (χ1n) is 13.9. The number of nitrogens with zero attached hydrogens (tertiary/aromatic N) is 3. The van der Waals surface area contributed by atoms with Gasteiger partial charge >= 0.3 is 0 Å². The maximum absolute atomic E-state index is 4.76. The van der Waals surface area contributed by atoms with Crippen LogP contribution in [0.4, 0.5) is 11.4 Å². The van der Waals surface area contributed by atoms with E-state index in [9.17, 15) is 0 Å². The number of aliphatic imine (C=N–C) groups is 2. The highest BCUT2D eigenvalue weighted by Gasteiger charge is 2.20. The fourth-order valence-electron chi connectivity index (χ4n) is 4.70. The molecule has 2 heterocycles. The van der Waals surface area contributed by atoms with Gasteiger partial charge in [0, 0.05) is 42.7 Å². The molecule has 0 amide bonds. The summed E-state index contributed by atoms with van der Waals surface area (Å²) in [5.41, 5.74) is 4.75. The minimum Gasteiger partial charge on any atom is -0.371 e. The first-order chi connectivity index (χ1) is 17.6. The highest BCUT2D eigenvalue weighted by Crippen LogP contribution is 2.26. The van der Waals surface area contributed by atoms with Gasteiger partial charge in [0.05, 0.1) is 5.57 Å². The molecule has 0 spiro atoms. The standard InChI is InChI=1S/C29H47N7/c1-6-9-10-16-31-24-14-18-36(19-15-24)25-11-12-27(23(8-3)20-25)33-21-34-29-26(13-17-32-29)28(30-5)35-22(4)7-2/h11-13,17,20,22,24,31,33,35H,5-10,14-16,18-19,21H2,1-4H3,(H,32,34)/b28-26+. The summed E-state index contributed by atoms with van der Waals surface area (Å²) >= 11 is 0. The minimum atomic E-state index is 0.324. The van der Waals surface area contributed by atoms with Crippen LogP contribution in [0.3, 0.4) is 0 Å². The van der Waals surface area contributed by atoms with E-state index in [2.05, 4.69) is 83.8 Å². The number of amidine groups is 1. The van der Waals surface area contributed by atoms with E-state index < -0.39 is 0 Å². The van der Waals surface area contributed by atoms with E-state index in [1.807, 2.05) is 12.3 Å². The Balaban J connectivity index is 1.57. The molecule has 7 heteroatoms. The molecule has 7 nitrogen and oxygen atoms in total. The highest BCUT2D eigenvalue weighted by molar-refractivity contribution is 6.04. The molecule has 1 unspecified atom stereocenters. The Morgan fingerprint density at radius 2 is 2.00 bits per heavy atom. The average Bonchev–Trinajstić information content (AvgIpc) is 3.38. The van der Waals surface area contributed by atoms with Crippen LogP contribution in [0, 0.1) is 0 Å². The minimum absolute atomic E-state index is 0.324. The summed E-state index contributed by atoms with van der Waals surface area (Å²) in [6.07, 6.45) is 12.2. The first-order valence-corrected chi connectivity index (χ1v) is 13.9. The van der Waals surface area contributed by atoms with Crippen molar-refractivity contribution in [2.75, 3.05) is 36.5 Å². The normalized spacial score (nSPS) is 19.3. The number of hydrogen-bond donors (Lipinski definition) is 4. The molecule has 3 rings (SSSR count). The lowest BCUT2D eigenvalue weighted by Crippen LogP contribution is -2.42. The van der Waals surface area contributed by atoms with E-state index in [0.717, 1.165) is 55.4 Å². The number of unbranched alkanes of at least 4 members (excludes halogenated alkanes) is 2. The van der Waals surface area contributed by atoms with Gasteiger partial charge in [0.1, 0.15) is 18.3 Å². The van der Waals surface area contributed by atoms with Crippen LogP contribution in [0.25, 0.3) is 0 Å². The second-order valence-electron chi connectivity index (χ2n) is 9.81. The topological polar surface area (TPSA) is 76.1 Å². The zero-order valence-corrected chi connectivity index (χ0v) is 22.9. The van der Waals surface area contributed by atoms with E-state index in [4.69, 9.17) is 4.99 Å². The molecule has 1 saturated heterocycles. The predicted octanol–water partition coefficient (Wildman–Crippen LogP) is 5.18.